The highest BCUT2D eigenvalue weighted by Gasteiger charge is 2.34. The summed E-state index contributed by atoms with van der Waals surface area (Å²) < 4.78 is 26.5. The fourth-order valence-corrected chi connectivity index (χ4v) is 3.72. The van der Waals surface area contributed by atoms with Crippen molar-refractivity contribution in [3.8, 4) is 0 Å². The number of likely N-dealkylation sites (tertiary alicyclic amines) is 1. The van der Waals surface area contributed by atoms with Gasteiger partial charge in [0.05, 0.1) is 40.2 Å². The smallest absolute Gasteiger partial charge is 0.241 e. The molecular weight excluding hydrogens is 367 g/mol. The highest BCUT2D eigenvalue weighted by molar-refractivity contribution is 7.89. The van der Waals surface area contributed by atoms with E-state index in [2.05, 4.69) is 4.72 Å². The number of carbonyl (C=O) groups excluding carboxylic acids is 1. The molecular formula is C13H16Cl2N2O5S. The standard InChI is InChI=1S/C13H16Cl2N2O5S/c14-11-2-1-10(4-12(11)15)23(21,22)16-5-13(20)17-6-9(19)3-8(17)7-18/h1-2,4,8-9,16,18-19H,3,5-7H2/t8-,9-/m0/s1. The Hall–Kier alpha value is -0.900. The third-order valence-corrected chi connectivity index (χ3v) is 5.68. The molecule has 1 aliphatic rings. The van der Waals surface area contributed by atoms with Gasteiger partial charge in [0, 0.05) is 6.54 Å². The largest absolute Gasteiger partial charge is 0.394 e. The SMILES string of the molecule is O=C(CNS(=O)(=O)c1ccc(Cl)c(Cl)c1)N1C[C@@H](O)C[C@H]1CO. The summed E-state index contributed by atoms with van der Waals surface area (Å²) in [7, 11) is -3.93. The van der Waals surface area contributed by atoms with E-state index in [1.807, 2.05) is 0 Å². The second-order valence-electron chi connectivity index (χ2n) is 5.17. The van der Waals surface area contributed by atoms with E-state index in [0.29, 0.717) is 0 Å². The lowest BCUT2D eigenvalue weighted by molar-refractivity contribution is -0.131. The molecule has 1 aromatic carbocycles. The normalized spacial score (nSPS) is 21.7. The summed E-state index contributed by atoms with van der Waals surface area (Å²) in [4.78, 5) is 13.2. The number of carbonyl (C=O) groups is 1. The van der Waals surface area contributed by atoms with Crippen LogP contribution < -0.4 is 4.72 Å². The maximum Gasteiger partial charge on any atom is 0.241 e. The third kappa shape index (κ3) is 4.34. The lowest BCUT2D eigenvalue weighted by Crippen LogP contribution is -2.44. The zero-order valence-corrected chi connectivity index (χ0v) is 14.3. The molecule has 0 aliphatic carbocycles. The quantitative estimate of drug-likeness (QED) is 0.675. The minimum Gasteiger partial charge on any atom is -0.394 e. The van der Waals surface area contributed by atoms with Crippen molar-refractivity contribution in [1.82, 2.24) is 9.62 Å². The predicted octanol–water partition coefficient (Wildman–Crippen LogP) is 0.226. The minimum atomic E-state index is -3.93. The van der Waals surface area contributed by atoms with Gasteiger partial charge in [-0.05, 0) is 24.6 Å². The van der Waals surface area contributed by atoms with Crippen LogP contribution in [0.25, 0.3) is 0 Å². The molecule has 10 heteroatoms. The Bertz CT molecular complexity index is 698. The number of halogens is 2. The Kier molecular flexibility index (Phi) is 5.88. The zero-order valence-electron chi connectivity index (χ0n) is 11.9. The van der Waals surface area contributed by atoms with Gasteiger partial charge in [0.2, 0.25) is 15.9 Å². The highest BCUT2D eigenvalue weighted by Crippen LogP contribution is 2.24. The molecule has 0 spiro atoms. The van der Waals surface area contributed by atoms with Crippen molar-refractivity contribution >= 4 is 39.1 Å². The molecule has 0 saturated carbocycles. The summed E-state index contributed by atoms with van der Waals surface area (Å²) in [6.45, 7) is -0.702. The average molecular weight is 383 g/mol. The fraction of sp³-hybridized carbons (Fsp3) is 0.462. The number of hydrogen-bond donors (Lipinski definition) is 3. The molecule has 1 amide bonds. The number of β-amino-alcohol motifs (C(OH)–C–C–N with tert-alkyl or cyclic N) is 1. The molecule has 23 heavy (non-hydrogen) atoms. The van der Waals surface area contributed by atoms with Crippen molar-refractivity contribution in [1.29, 1.82) is 0 Å². The van der Waals surface area contributed by atoms with Crippen molar-refractivity contribution < 1.29 is 23.4 Å². The van der Waals surface area contributed by atoms with Crippen LogP contribution in [0, 0.1) is 0 Å². The van der Waals surface area contributed by atoms with E-state index in [1.165, 1.54) is 23.1 Å². The van der Waals surface area contributed by atoms with Gasteiger partial charge in [-0.15, -0.1) is 0 Å². The number of nitrogens with zero attached hydrogens (tertiary/aromatic N) is 1. The maximum absolute atomic E-state index is 12.1. The van der Waals surface area contributed by atoms with Crippen LogP contribution in [-0.2, 0) is 14.8 Å². The minimum absolute atomic E-state index is 0.0680. The molecule has 1 aromatic rings. The lowest BCUT2D eigenvalue weighted by atomic mass is 10.2. The Balaban J connectivity index is 2.04. The predicted molar refractivity (Wildman–Crippen MR) is 84.9 cm³/mol. The van der Waals surface area contributed by atoms with Crippen molar-refractivity contribution in [3.63, 3.8) is 0 Å². The van der Waals surface area contributed by atoms with Crippen molar-refractivity contribution in [2.75, 3.05) is 19.7 Å². The first-order chi connectivity index (χ1) is 10.7. The maximum atomic E-state index is 12.1. The van der Waals surface area contributed by atoms with Crippen LogP contribution in [0.15, 0.2) is 23.1 Å². The van der Waals surface area contributed by atoms with Gasteiger partial charge in [0.15, 0.2) is 0 Å². The van der Waals surface area contributed by atoms with Crippen LogP contribution in [0.5, 0.6) is 0 Å². The molecule has 1 aliphatic heterocycles. The van der Waals surface area contributed by atoms with Gasteiger partial charge in [-0.25, -0.2) is 13.1 Å². The van der Waals surface area contributed by atoms with Gasteiger partial charge in [-0.3, -0.25) is 4.79 Å². The highest BCUT2D eigenvalue weighted by atomic mass is 35.5. The molecule has 0 aromatic heterocycles. The molecule has 1 saturated heterocycles. The summed E-state index contributed by atoms with van der Waals surface area (Å²) in [6, 6.07) is 3.30. The van der Waals surface area contributed by atoms with Gasteiger partial charge in [0.25, 0.3) is 0 Å². The second-order valence-corrected chi connectivity index (χ2v) is 7.75. The van der Waals surface area contributed by atoms with Crippen molar-refractivity contribution in [3.05, 3.63) is 28.2 Å². The van der Waals surface area contributed by atoms with E-state index in [-0.39, 0.29) is 34.5 Å². The van der Waals surface area contributed by atoms with Crippen LogP contribution in [0.1, 0.15) is 6.42 Å². The molecule has 3 N–H and O–H groups in total. The molecule has 1 fully saturated rings. The molecule has 0 bridgehead atoms. The fourth-order valence-electron chi connectivity index (χ4n) is 2.36. The van der Waals surface area contributed by atoms with Gasteiger partial charge >= 0.3 is 0 Å². The first kappa shape index (κ1) is 18.4. The number of sulfonamides is 1. The Morgan fingerprint density at radius 3 is 2.65 bits per heavy atom. The molecule has 7 nitrogen and oxygen atoms in total. The lowest BCUT2D eigenvalue weighted by Gasteiger charge is -2.22. The van der Waals surface area contributed by atoms with Crippen LogP contribution in [0.3, 0.4) is 0 Å². The second kappa shape index (κ2) is 7.33. The van der Waals surface area contributed by atoms with Gasteiger partial charge < -0.3 is 15.1 Å². The van der Waals surface area contributed by atoms with Crippen molar-refractivity contribution in [2.24, 2.45) is 0 Å². The average Bonchev–Trinajstić information content (AvgIpc) is 2.88. The van der Waals surface area contributed by atoms with Gasteiger partial charge in [0.1, 0.15) is 0 Å². The number of amides is 1. The van der Waals surface area contributed by atoms with Crippen molar-refractivity contribution in [2.45, 2.75) is 23.5 Å². The summed E-state index contributed by atoms with van der Waals surface area (Å²) >= 11 is 11.5. The molecule has 0 radical (unpaired) electrons. The monoisotopic (exact) mass is 382 g/mol. The van der Waals surface area contributed by atoms with E-state index >= 15 is 0 Å². The first-order valence-electron chi connectivity index (χ1n) is 6.77. The van der Waals surface area contributed by atoms with Crippen LogP contribution in [0.4, 0.5) is 0 Å². The number of aliphatic hydroxyl groups excluding tert-OH is 2. The van der Waals surface area contributed by atoms with Crippen LogP contribution >= 0.6 is 23.2 Å². The van der Waals surface area contributed by atoms with Gasteiger partial charge in [-0.1, -0.05) is 23.2 Å². The van der Waals surface area contributed by atoms with E-state index in [0.717, 1.165) is 0 Å². The summed E-state index contributed by atoms with van der Waals surface area (Å²) in [5, 5.41) is 19.0. The zero-order chi connectivity index (χ0) is 17.2. The van der Waals surface area contributed by atoms with E-state index in [9.17, 15) is 23.4 Å². The summed E-state index contributed by atoms with van der Waals surface area (Å²) in [5.74, 6) is -0.524. The van der Waals surface area contributed by atoms with E-state index < -0.39 is 34.6 Å². The molecule has 128 valence electrons. The molecule has 0 unspecified atom stereocenters. The van der Waals surface area contributed by atoms with Crippen LogP contribution in [0.2, 0.25) is 10.0 Å². The third-order valence-electron chi connectivity index (χ3n) is 3.54. The number of benzene rings is 1. The summed E-state index contributed by atoms with van der Waals surface area (Å²) in [5.41, 5.74) is 0. The number of nitrogens with one attached hydrogen (secondary N) is 1. The molecule has 2 atom stereocenters. The first-order valence-corrected chi connectivity index (χ1v) is 9.01. The molecule has 2 rings (SSSR count). The molecule has 1 heterocycles. The number of rotatable bonds is 5. The van der Waals surface area contributed by atoms with Gasteiger partial charge in [-0.2, -0.15) is 0 Å². The Morgan fingerprint density at radius 2 is 2.04 bits per heavy atom. The van der Waals surface area contributed by atoms with E-state index in [1.54, 1.807) is 0 Å². The number of aliphatic hydroxyl groups is 2. The topological polar surface area (TPSA) is 107 Å². The number of hydrogen-bond acceptors (Lipinski definition) is 5. The Morgan fingerprint density at radius 1 is 1.35 bits per heavy atom. The van der Waals surface area contributed by atoms with E-state index in [4.69, 9.17) is 23.2 Å². The summed E-state index contributed by atoms with van der Waals surface area (Å²) in [6.07, 6.45) is -0.454. The Labute approximate surface area is 143 Å². The van der Waals surface area contributed by atoms with Crippen LogP contribution in [-0.4, -0.2) is 61.3 Å².